The van der Waals surface area contributed by atoms with Gasteiger partial charge < -0.3 is 11.1 Å². The molecule has 5 heteroatoms. The smallest absolute Gasteiger partial charge is 0.222 e. The van der Waals surface area contributed by atoms with Crippen LogP contribution in [-0.4, -0.2) is 22.1 Å². The molecule has 0 amide bonds. The number of nitrogens with two attached hydrogens (primary N) is 1. The molecule has 0 spiro atoms. The molecule has 0 radical (unpaired) electrons. The fourth-order valence-electron chi connectivity index (χ4n) is 1.75. The highest BCUT2D eigenvalue weighted by molar-refractivity contribution is 6.30. The zero-order valence-electron chi connectivity index (χ0n) is 8.87. The molecule has 3 N–H and O–H groups in total. The maximum absolute atomic E-state index is 5.92. The summed E-state index contributed by atoms with van der Waals surface area (Å²) in [6.45, 7) is 4.30. The van der Waals surface area contributed by atoms with E-state index in [1.165, 1.54) is 0 Å². The standard InChI is InChI=1S/C10H15ClN4/c1-10(2)7(12)3-8(10)15-9-13-4-6(11)5-14-9/h4-5,7-8H,3,12H2,1-2H3,(H,13,14,15). The van der Waals surface area contributed by atoms with Gasteiger partial charge in [0.25, 0.3) is 0 Å². The molecule has 0 aliphatic heterocycles. The minimum atomic E-state index is 0.100. The number of nitrogens with zero attached hydrogens (tertiary/aromatic N) is 2. The van der Waals surface area contributed by atoms with Crippen LogP contribution in [0.1, 0.15) is 20.3 Å². The Kier molecular flexibility index (Phi) is 2.56. The van der Waals surface area contributed by atoms with Crippen LogP contribution in [0.2, 0.25) is 5.02 Å². The van der Waals surface area contributed by atoms with Gasteiger partial charge in [0.2, 0.25) is 5.95 Å². The summed E-state index contributed by atoms with van der Waals surface area (Å²) in [5, 5.41) is 3.81. The first-order valence-electron chi connectivity index (χ1n) is 5.00. The van der Waals surface area contributed by atoms with Gasteiger partial charge >= 0.3 is 0 Å². The summed E-state index contributed by atoms with van der Waals surface area (Å²) < 4.78 is 0. The van der Waals surface area contributed by atoms with Crippen molar-refractivity contribution >= 4 is 17.5 Å². The summed E-state index contributed by atoms with van der Waals surface area (Å²) in [6, 6.07) is 0.593. The summed E-state index contributed by atoms with van der Waals surface area (Å²) in [5.74, 6) is 0.615. The second kappa shape index (κ2) is 3.61. The van der Waals surface area contributed by atoms with Crippen LogP contribution >= 0.6 is 11.6 Å². The number of nitrogens with one attached hydrogen (secondary N) is 1. The van der Waals surface area contributed by atoms with E-state index in [0.29, 0.717) is 17.0 Å². The largest absolute Gasteiger partial charge is 0.351 e. The molecule has 1 aromatic rings. The molecular weight excluding hydrogens is 212 g/mol. The van der Waals surface area contributed by atoms with Gasteiger partial charge in [-0.05, 0) is 6.42 Å². The lowest BCUT2D eigenvalue weighted by molar-refractivity contribution is 0.116. The van der Waals surface area contributed by atoms with Crippen molar-refractivity contribution in [2.45, 2.75) is 32.4 Å². The lowest BCUT2D eigenvalue weighted by Gasteiger charge is -2.50. The van der Waals surface area contributed by atoms with E-state index in [1.807, 2.05) is 0 Å². The van der Waals surface area contributed by atoms with Crippen LogP contribution in [0.25, 0.3) is 0 Å². The van der Waals surface area contributed by atoms with E-state index in [4.69, 9.17) is 17.3 Å². The lowest BCUT2D eigenvalue weighted by Crippen LogP contribution is -2.61. The molecule has 2 unspecified atom stereocenters. The first-order valence-corrected chi connectivity index (χ1v) is 5.37. The number of anilines is 1. The van der Waals surface area contributed by atoms with Gasteiger partial charge in [0, 0.05) is 17.5 Å². The molecule has 1 heterocycles. The van der Waals surface area contributed by atoms with Gasteiger partial charge in [-0.15, -0.1) is 0 Å². The van der Waals surface area contributed by atoms with E-state index in [-0.39, 0.29) is 11.5 Å². The quantitative estimate of drug-likeness (QED) is 0.805. The third-order valence-corrected chi connectivity index (χ3v) is 3.46. The Morgan fingerprint density at radius 2 is 2.07 bits per heavy atom. The number of hydrogen-bond acceptors (Lipinski definition) is 4. The molecule has 1 saturated carbocycles. The zero-order valence-corrected chi connectivity index (χ0v) is 9.62. The summed E-state index contributed by atoms with van der Waals surface area (Å²) in [5.41, 5.74) is 6.02. The molecule has 82 valence electrons. The van der Waals surface area contributed by atoms with E-state index >= 15 is 0 Å². The molecule has 0 bridgehead atoms. The van der Waals surface area contributed by atoms with Gasteiger partial charge in [0.1, 0.15) is 0 Å². The number of aromatic nitrogens is 2. The summed E-state index contributed by atoms with van der Waals surface area (Å²) in [6.07, 6.45) is 4.13. The minimum absolute atomic E-state index is 0.100. The summed E-state index contributed by atoms with van der Waals surface area (Å²) >= 11 is 5.70. The van der Waals surface area contributed by atoms with E-state index < -0.39 is 0 Å². The normalized spacial score (nSPS) is 28.3. The monoisotopic (exact) mass is 226 g/mol. The maximum atomic E-state index is 5.92. The third-order valence-electron chi connectivity index (χ3n) is 3.27. The molecule has 0 saturated heterocycles. The molecule has 1 fully saturated rings. The van der Waals surface area contributed by atoms with Gasteiger partial charge in [-0.1, -0.05) is 25.4 Å². The van der Waals surface area contributed by atoms with Gasteiger partial charge in [0.15, 0.2) is 0 Å². The third kappa shape index (κ3) is 1.92. The van der Waals surface area contributed by atoms with Crippen molar-refractivity contribution in [3.05, 3.63) is 17.4 Å². The summed E-state index contributed by atoms with van der Waals surface area (Å²) in [4.78, 5) is 8.19. The van der Waals surface area contributed by atoms with Crippen molar-refractivity contribution in [1.82, 2.24) is 9.97 Å². The molecule has 1 aliphatic carbocycles. The van der Waals surface area contributed by atoms with Crippen LogP contribution < -0.4 is 11.1 Å². The van der Waals surface area contributed by atoms with E-state index in [0.717, 1.165) is 6.42 Å². The molecule has 2 atom stereocenters. The average molecular weight is 227 g/mol. The Morgan fingerprint density at radius 1 is 1.47 bits per heavy atom. The van der Waals surface area contributed by atoms with Crippen molar-refractivity contribution in [3.63, 3.8) is 0 Å². The van der Waals surface area contributed by atoms with Crippen molar-refractivity contribution < 1.29 is 0 Å². The first-order chi connectivity index (χ1) is 7.00. The van der Waals surface area contributed by atoms with Gasteiger partial charge in [-0.2, -0.15) is 0 Å². The lowest BCUT2D eigenvalue weighted by atomic mass is 9.63. The molecule has 0 aromatic carbocycles. The molecule has 1 aromatic heterocycles. The van der Waals surface area contributed by atoms with E-state index in [9.17, 15) is 0 Å². The van der Waals surface area contributed by atoms with E-state index in [2.05, 4.69) is 29.1 Å². The highest BCUT2D eigenvalue weighted by Crippen LogP contribution is 2.40. The van der Waals surface area contributed by atoms with Gasteiger partial charge in [0.05, 0.1) is 17.4 Å². The van der Waals surface area contributed by atoms with Crippen molar-refractivity contribution in [1.29, 1.82) is 0 Å². The van der Waals surface area contributed by atoms with Crippen LogP contribution in [0.5, 0.6) is 0 Å². The predicted molar refractivity (Wildman–Crippen MR) is 60.8 cm³/mol. The zero-order chi connectivity index (χ0) is 11.1. The Bertz CT molecular complexity index is 349. The fourth-order valence-corrected chi connectivity index (χ4v) is 1.84. The molecular formula is C10H15ClN4. The SMILES string of the molecule is CC1(C)C(N)CC1Nc1ncc(Cl)cn1. The highest BCUT2D eigenvalue weighted by Gasteiger charge is 2.46. The van der Waals surface area contributed by atoms with Crippen LogP contribution in [0.15, 0.2) is 12.4 Å². The van der Waals surface area contributed by atoms with Crippen molar-refractivity contribution in [2.24, 2.45) is 11.1 Å². The van der Waals surface area contributed by atoms with Crippen molar-refractivity contribution in [3.8, 4) is 0 Å². The molecule has 15 heavy (non-hydrogen) atoms. The Morgan fingerprint density at radius 3 is 2.53 bits per heavy atom. The molecule has 4 nitrogen and oxygen atoms in total. The van der Waals surface area contributed by atoms with Crippen LogP contribution in [0, 0.1) is 5.41 Å². The fraction of sp³-hybridized carbons (Fsp3) is 0.600. The van der Waals surface area contributed by atoms with Crippen LogP contribution in [0.3, 0.4) is 0 Å². The minimum Gasteiger partial charge on any atom is -0.351 e. The second-order valence-electron chi connectivity index (χ2n) is 4.59. The van der Waals surface area contributed by atoms with Crippen LogP contribution in [0.4, 0.5) is 5.95 Å². The maximum Gasteiger partial charge on any atom is 0.222 e. The number of rotatable bonds is 2. The number of hydrogen-bond donors (Lipinski definition) is 2. The Balaban J connectivity index is 2.02. The number of halogens is 1. The molecule has 2 rings (SSSR count). The van der Waals surface area contributed by atoms with Crippen molar-refractivity contribution in [2.75, 3.05) is 5.32 Å². The van der Waals surface area contributed by atoms with Gasteiger partial charge in [-0.3, -0.25) is 0 Å². The second-order valence-corrected chi connectivity index (χ2v) is 5.02. The topological polar surface area (TPSA) is 63.8 Å². The predicted octanol–water partition coefficient (Wildman–Crippen LogP) is 1.67. The highest BCUT2D eigenvalue weighted by atomic mass is 35.5. The van der Waals surface area contributed by atoms with Gasteiger partial charge in [-0.25, -0.2) is 9.97 Å². The summed E-state index contributed by atoms with van der Waals surface area (Å²) in [7, 11) is 0. The van der Waals surface area contributed by atoms with Crippen LogP contribution in [-0.2, 0) is 0 Å². The van der Waals surface area contributed by atoms with E-state index in [1.54, 1.807) is 12.4 Å². The average Bonchev–Trinajstić information content (AvgIpc) is 2.21. The molecule has 1 aliphatic rings. The Hall–Kier alpha value is -0.870. The first kappa shape index (κ1) is 10.6. The Labute approximate surface area is 94.2 Å².